The van der Waals surface area contributed by atoms with Crippen molar-refractivity contribution in [3.63, 3.8) is 0 Å². The topological polar surface area (TPSA) is 90.2 Å². The number of ketones is 1. The third-order valence-electron chi connectivity index (χ3n) is 4.71. The van der Waals surface area contributed by atoms with Crippen LogP contribution in [0.15, 0.2) is 64.4 Å². The second kappa shape index (κ2) is 7.29. The summed E-state index contributed by atoms with van der Waals surface area (Å²) < 4.78 is 17.3. The molecule has 1 N–H and O–H groups in total. The number of aromatic amines is 1. The second-order valence-electron chi connectivity index (χ2n) is 6.64. The lowest BCUT2D eigenvalue weighted by Crippen LogP contribution is -2.21. The molecule has 0 bridgehead atoms. The van der Waals surface area contributed by atoms with Gasteiger partial charge in [0.25, 0.3) is 11.1 Å². The van der Waals surface area contributed by atoms with Crippen LogP contribution in [0.2, 0.25) is 0 Å². The number of nitrogens with zero attached hydrogens (tertiary/aromatic N) is 2. The molecule has 2 aromatic carbocycles. The van der Waals surface area contributed by atoms with E-state index in [2.05, 4.69) is 15.2 Å². The maximum atomic E-state index is 12.9. The molecule has 0 radical (unpaired) electrons. The lowest BCUT2D eigenvalue weighted by Gasteiger charge is -2.23. The fourth-order valence-corrected chi connectivity index (χ4v) is 4.00. The van der Waals surface area contributed by atoms with Gasteiger partial charge in [0.15, 0.2) is 17.3 Å². The minimum atomic E-state index is -0.480. The summed E-state index contributed by atoms with van der Waals surface area (Å²) in [4.78, 5) is 16.0. The highest BCUT2D eigenvalue weighted by atomic mass is 32.2. The predicted octanol–water partition coefficient (Wildman–Crippen LogP) is 4.43. The van der Waals surface area contributed by atoms with Crippen molar-refractivity contribution in [1.82, 2.24) is 15.2 Å². The standard InChI is InChI=1S/C21H17N3O4S/c1-12(19(25)14-10-22-15-7-3-2-6-13(14)15)29-21-24-23-20(28-21)18-11-26-16-8-4-5-9-17(16)27-18/h2-10,12,18,22H,11H2,1H3/t12-,18-/m0/s1. The summed E-state index contributed by atoms with van der Waals surface area (Å²) in [7, 11) is 0. The van der Waals surface area contributed by atoms with Crippen molar-refractivity contribution in [2.45, 2.75) is 23.5 Å². The molecule has 4 aromatic rings. The molecule has 1 aliphatic rings. The van der Waals surface area contributed by atoms with Gasteiger partial charge in [-0.3, -0.25) is 4.79 Å². The van der Waals surface area contributed by atoms with Crippen LogP contribution in [0.5, 0.6) is 11.5 Å². The molecule has 0 amide bonds. The molecule has 0 aliphatic carbocycles. The first-order valence-corrected chi connectivity index (χ1v) is 10.1. The summed E-state index contributed by atoms with van der Waals surface area (Å²) in [5, 5.41) is 8.99. The zero-order chi connectivity index (χ0) is 19.8. The van der Waals surface area contributed by atoms with E-state index in [1.165, 1.54) is 11.8 Å². The number of benzene rings is 2. The van der Waals surface area contributed by atoms with Crippen LogP contribution in [0.3, 0.4) is 0 Å². The first-order chi connectivity index (χ1) is 14.2. The summed E-state index contributed by atoms with van der Waals surface area (Å²) in [6, 6.07) is 15.2. The van der Waals surface area contributed by atoms with Gasteiger partial charge in [0.2, 0.25) is 6.10 Å². The van der Waals surface area contributed by atoms with Gasteiger partial charge in [-0.05, 0) is 25.1 Å². The molecule has 146 valence electrons. The minimum absolute atomic E-state index is 0.00150. The molecule has 0 fully saturated rings. The third-order valence-corrected chi connectivity index (χ3v) is 5.64. The Balaban J connectivity index is 1.29. The summed E-state index contributed by atoms with van der Waals surface area (Å²) in [6.07, 6.45) is 1.26. The van der Waals surface area contributed by atoms with Crippen molar-refractivity contribution in [1.29, 1.82) is 0 Å². The molecule has 2 atom stereocenters. The van der Waals surface area contributed by atoms with Crippen LogP contribution >= 0.6 is 11.8 Å². The van der Waals surface area contributed by atoms with Crippen molar-refractivity contribution >= 4 is 28.4 Å². The normalized spacial score (nSPS) is 16.7. The highest BCUT2D eigenvalue weighted by Gasteiger charge is 2.28. The predicted molar refractivity (Wildman–Crippen MR) is 108 cm³/mol. The van der Waals surface area contributed by atoms with Crippen LogP contribution in [0.4, 0.5) is 0 Å². The Kier molecular flexibility index (Phi) is 4.48. The number of H-pyrrole nitrogens is 1. The van der Waals surface area contributed by atoms with E-state index in [0.717, 1.165) is 10.9 Å². The maximum absolute atomic E-state index is 12.9. The SMILES string of the molecule is C[C@H](Sc1nnc([C@@H]2COc3ccccc3O2)o1)C(=O)c1c[nH]c2ccccc12. The van der Waals surface area contributed by atoms with Crippen molar-refractivity contribution < 1.29 is 18.7 Å². The molecule has 0 spiro atoms. The quantitative estimate of drug-likeness (QED) is 0.387. The molecule has 3 heterocycles. The summed E-state index contributed by atoms with van der Waals surface area (Å²) in [5.41, 5.74) is 1.59. The van der Waals surface area contributed by atoms with Gasteiger partial charge in [0.05, 0.1) is 5.25 Å². The van der Waals surface area contributed by atoms with Crippen molar-refractivity contribution in [2.24, 2.45) is 0 Å². The number of rotatable bonds is 5. The van der Waals surface area contributed by atoms with Crippen LogP contribution in [-0.2, 0) is 0 Å². The molecule has 7 nitrogen and oxygen atoms in total. The average Bonchev–Trinajstić information content (AvgIpc) is 3.40. The highest BCUT2D eigenvalue weighted by Crippen LogP contribution is 2.36. The Hall–Kier alpha value is -3.26. The molecule has 1 aliphatic heterocycles. The zero-order valence-electron chi connectivity index (χ0n) is 15.5. The second-order valence-corrected chi connectivity index (χ2v) is 7.93. The molecule has 5 rings (SSSR count). The van der Waals surface area contributed by atoms with E-state index >= 15 is 0 Å². The molecule has 2 aromatic heterocycles. The third kappa shape index (κ3) is 3.36. The van der Waals surface area contributed by atoms with Gasteiger partial charge in [0, 0.05) is 22.7 Å². The van der Waals surface area contributed by atoms with E-state index in [1.807, 2.05) is 55.5 Å². The van der Waals surface area contributed by atoms with Crippen LogP contribution in [0.1, 0.15) is 29.3 Å². The number of hydrogen-bond donors (Lipinski definition) is 1. The number of ether oxygens (including phenoxy) is 2. The lowest BCUT2D eigenvalue weighted by atomic mass is 10.1. The fourth-order valence-electron chi connectivity index (χ4n) is 3.24. The number of Topliss-reactive ketones (excluding diaryl/α,β-unsaturated/α-hetero) is 1. The fraction of sp³-hybridized carbons (Fsp3) is 0.190. The number of para-hydroxylation sites is 3. The molecular formula is C21H17N3O4S. The van der Waals surface area contributed by atoms with Crippen LogP contribution in [0, 0.1) is 0 Å². The van der Waals surface area contributed by atoms with Crippen LogP contribution in [0.25, 0.3) is 10.9 Å². The average molecular weight is 407 g/mol. The molecule has 0 saturated carbocycles. The number of fused-ring (bicyclic) bond motifs is 2. The monoisotopic (exact) mass is 407 g/mol. The van der Waals surface area contributed by atoms with Gasteiger partial charge < -0.3 is 18.9 Å². The maximum Gasteiger partial charge on any atom is 0.277 e. The Morgan fingerprint density at radius 1 is 1.14 bits per heavy atom. The number of carbonyl (C=O) groups excluding carboxylic acids is 1. The minimum Gasteiger partial charge on any atom is -0.485 e. The van der Waals surface area contributed by atoms with Crippen molar-refractivity contribution in [3.05, 3.63) is 66.2 Å². The summed E-state index contributed by atoms with van der Waals surface area (Å²) in [6.45, 7) is 2.11. The van der Waals surface area contributed by atoms with Crippen molar-refractivity contribution in [2.75, 3.05) is 6.61 Å². The summed E-state index contributed by atoms with van der Waals surface area (Å²) in [5.74, 6) is 1.65. The van der Waals surface area contributed by atoms with E-state index in [1.54, 1.807) is 6.20 Å². The largest absolute Gasteiger partial charge is 0.485 e. The van der Waals surface area contributed by atoms with E-state index in [-0.39, 0.29) is 17.6 Å². The molecule has 0 saturated heterocycles. The summed E-state index contributed by atoms with van der Waals surface area (Å²) >= 11 is 1.23. The van der Waals surface area contributed by atoms with Gasteiger partial charge in [-0.2, -0.15) is 0 Å². The Morgan fingerprint density at radius 3 is 2.83 bits per heavy atom. The van der Waals surface area contributed by atoms with E-state index in [9.17, 15) is 4.79 Å². The lowest BCUT2D eigenvalue weighted by molar-refractivity contribution is 0.0686. The Bertz CT molecular complexity index is 1190. The van der Waals surface area contributed by atoms with Crippen LogP contribution < -0.4 is 9.47 Å². The van der Waals surface area contributed by atoms with Gasteiger partial charge in [-0.1, -0.05) is 42.1 Å². The number of thioether (sulfide) groups is 1. The first kappa shape index (κ1) is 17.8. The molecule has 29 heavy (non-hydrogen) atoms. The van der Waals surface area contributed by atoms with Gasteiger partial charge in [0.1, 0.15) is 6.61 Å². The van der Waals surface area contributed by atoms with Gasteiger partial charge >= 0.3 is 0 Å². The van der Waals surface area contributed by atoms with E-state index in [4.69, 9.17) is 13.9 Å². The first-order valence-electron chi connectivity index (χ1n) is 9.18. The Morgan fingerprint density at radius 2 is 1.93 bits per heavy atom. The van der Waals surface area contributed by atoms with Gasteiger partial charge in [-0.25, -0.2) is 0 Å². The van der Waals surface area contributed by atoms with E-state index in [0.29, 0.717) is 28.2 Å². The molecule has 8 heteroatoms. The van der Waals surface area contributed by atoms with Crippen molar-refractivity contribution in [3.8, 4) is 11.5 Å². The number of aromatic nitrogens is 3. The number of carbonyl (C=O) groups is 1. The Labute approximate surface area is 170 Å². The molecule has 0 unspecified atom stereocenters. The highest BCUT2D eigenvalue weighted by molar-refractivity contribution is 8.00. The van der Waals surface area contributed by atoms with E-state index < -0.39 is 6.10 Å². The molecular weight excluding hydrogens is 390 g/mol. The number of hydrogen-bond acceptors (Lipinski definition) is 7. The zero-order valence-corrected chi connectivity index (χ0v) is 16.3. The van der Waals surface area contributed by atoms with Crippen LogP contribution in [-0.4, -0.2) is 32.8 Å². The van der Waals surface area contributed by atoms with Gasteiger partial charge in [-0.15, -0.1) is 10.2 Å². The number of nitrogens with one attached hydrogen (secondary N) is 1. The smallest absolute Gasteiger partial charge is 0.277 e.